The molecule has 0 spiro atoms. The van der Waals surface area contributed by atoms with E-state index in [1.807, 2.05) is 84.9 Å². The number of esters is 1. The maximum Gasteiger partial charge on any atom is 0.308 e. The zero-order valence-electron chi connectivity index (χ0n) is 19.4. The predicted molar refractivity (Wildman–Crippen MR) is 138 cm³/mol. The van der Waals surface area contributed by atoms with Gasteiger partial charge in [-0.2, -0.15) is 0 Å². The molecule has 1 aromatic heterocycles. The molecular formula is C31H22FNO3. The second-order valence-corrected chi connectivity index (χ2v) is 8.88. The summed E-state index contributed by atoms with van der Waals surface area (Å²) >= 11 is 0. The zero-order chi connectivity index (χ0) is 24.6. The van der Waals surface area contributed by atoms with E-state index >= 15 is 4.39 Å². The number of halogens is 1. The minimum absolute atomic E-state index is 0.00813. The van der Waals surface area contributed by atoms with Crippen LogP contribution in [-0.2, 0) is 16.1 Å². The van der Waals surface area contributed by atoms with Gasteiger partial charge in [0, 0.05) is 16.5 Å². The number of fused-ring (bicyclic) bond motifs is 4. The van der Waals surface area contributed by atoms with Gasteiger partial charge in [-0.15, -0.1) is 0 Å². The summed E-state index contributed by atoms with van der Waals surface area (Å²) in [6, 6.07) is 30.6. The van der Waals surface area contributed by atoms with Crippen LogP contribution in [0.25, 0.3) is 33.2 Å². The number of rotatable bonds is 5. The fraction of sp³-hybridized carbons (Fsp3) is 0.0968. The standard InChI is InChI=1S/C31H22FNO3/c32-25-17-9-16-24-29(25)28(21-12-5-2-6-13-21)30-23-15-8-7-14-22(23)26(33(30)31(24)35)18-27(34)36-19-20-10-3-1-4-11-20/h1-17,26H,18-19H2. The van der Waals surface area contributed by atoms with Crippen molar-refractivity contribution in [2.75, 3.05) is 0 Å². The van der Waals surface area contributed by atoms with E-state index in [1.54, 1.807) is 16.7 Å². The number of hydrogen-bond acceptors (Lipinski definition) is 3. The molecule has 0 fully saturated rings. The molecule has 4 nitrogen and oxygen atoms in total. The van der Waals surface area contributed by atoms with E-state index in [1.165, 1.54) is 6.07 Å². The molecule has 1 atom stereocenters. The van der Waals surface area contributed by atoms with Gasteiger partial charge in [-0.1, -0.05) is 91.0 Å². The number of carbonyl (C=O) groups excluding carboxylic acids is 1. The summed E-state index contributed by atoms with van der Waals surface area (Å²) in [4.78, 5) is 26.8. The number of ether oxygens (including phenoxy) is 1. The first-order chi connectivity index (χ1) is 17.6. The Bertz CT molecular complexity index is 1660. The van der Waals surface area contributed by atoms with Gasteiger partial charge in [-0.3, -0.25) is 14.2 Å². The highest BCUT2D eigenvalue weighted by Crippen LogP contribution is 2.47. The third-order valence-corrected chi connectivity index (χ3v) is 6.74. The van der Waals surface area contributed by atoms with Crippen LogP contribution in [0, 0.1) is 5.82 Å². The Kier molecular flexibility index (Phi) is 5.45. The van der Waals surface area contributed by atoms with Crippen molar-refractivity contribution >= 4 is 16.7 Å². The van der Waals surface area contributed by atoms with Gasteiger partial charge in [-0.25, -0.2) is 4.39 Å². The number of benzene rings is 4. The largest absolute Gasteiger partial charge is 0.461 e. The molecule has 0 saturated heterocycles. The molecule has 6 rings (SSSR count). The Labute approximate surface area is 207 Å². The molecule has 36 heavy (non-hydrogen) atoms. The van der Waals surface area contributed by atoms with E-state index in [0.29, 0.717) is 16.6 Å². The summed E-state index contributed by atoms with van der Waals surface area (Å²) in [5.41, 5.74) is 4.31. The first-order valence-corrected chi connectivity index (χ1v) is 11.8. The van der Waals surface area contributed by atoms with Crippen LogP contribution in [0.15, 0.2) is 108 Å². The van der Waals surface area contributed by atoms with E-state index in [2.05, 4.69) is 0 Å². The number of hydrogen-bond donors (Lipinski definition) is 0. The number of nitrogens with zero attached hydrogens (tertiary/aromatic N) is 1. The lowest BCUT2D eigenvalue weighted by Gasteiger charge is -2.19. The second-order valence-electron chi connectivity index (χ2n) is 8.88. The number of aromatic nitrogens is 1. The molecule has 0 radical (unpaired) electrons. The van der Waals surface area contributed by atoms with Crippen molar-refractivity contribution in [1.82, 2.24) is 4.57 Å². The van der Waals surface area contributed by atoms with Gasteiger partial charge in [0.1, 0.15) is 12.4 Å². The van der Waals surface area contributed by atoms with E-state index in [-0.39, 0.29) is 24.0 Å². The maximum absolute atomic E-state index is 15.3. The van der Waals surface area contributed by atoms with Gasteiger partial charge in [0.2, 0.25) is 0 Å². The van der Waals surface area contributed by atoms with Crippen molar-refractivity contribution in [1.29, 1.82) is 0 Å². The fourth-order valence-electron chi connectivity index (χ4n) is 5.17. The van der Waals surface area contributed by atoms with Crippen molar-refractivity contribution in [3.63, 3.8) is 0 Å². The van der Waals surface area contributed by atoms with Gasteiger partial charge >= 0.3 is 5.97 Å². The Morgan fingerprint density at radius 2 is 1.53 bits per heavy atom. The van der Waals surface area contributed by atoms with E-state index in [0.717, 1.165) is 22.3 Å². The van der Waals surface area contributed by atoms with Crippen LogP contribution in [0.5, 0.6) is 0 Å². The van der Waals surface area contributed by atoms with Crippen LogP contribution < -0.4 is 5.56 Å². The van der Waals surface area contributed by atoms with Gasteiger partial charge in [0.25, 0.3) is 5.56 Å². The molecule has 5 heteroatoms. The summed E-state index contributed by atoms with van der Waals surface area (Å²) in [5, 5.41) is 0.579. The lowest BCUT2D eigenvalue weighted by atomic mass is 9.93. The first kappa shape index (κ1) is 22.0. The Hall–Kier alpha value is -4.51. The van der Waals surface area contributed by atoms with Crippen LogP contribution in [0.4, 0.5) is 4.39 Å². The fourth-order valence-corrected chi connectivity index (χ4v) is 5.17. The maximum atomic E-state index is 15.3. The molecule has 5 aromatic rings. The normalized spacial score (nSPS) is 13.9. The smallest absolute Gasteiger partial charge is 0.308 e. The third-order valence-electron chi connectivity index (χ3n) is 6.74. The third kappa shape index (κ3) is 3.60. The molecule has 1 aliphatic rings. The second kappa shape index (κ2) is 8.93. The topological polar surface area (TPSA) is 48.3 Å². The van der Waals surface area contributed by atoms with E-state index < -0.39 is 17.8 Å². The van der Waals surface area contributed by atoms with Gasteiger partial charge < -0.3 is 4.74 Å². The highest BCUT2D eigenvalue weighted by molar-refractivity contribution is 6.04. The number of pyridine rings is 1. The lowest BCUT2D eigenvalue weighted by molar-refractivity contribution is -0.145. The van der Waals surface area contributed by atoms with Crippen molar-refractivity contribution in [3.8, 4) is 22.4 Å². The quantitative estimate of drug-likeness (QED) is 0.272. The highest BCUT2D eigenvalue weighted by atomic mass is 19.1. The molecule has 1 aliphatic heterocycles. The summed E-state index contributed by atoms with van der Waals surface area (Å²) in [7, 11) is 0. The van der Waals surface area contributed by atoms with Gasteiger partial charge in [0.05, 0.1) is 23.5 Å². The molecule has 0 aliphatic carbocycles. The van der Waals surface area contributed by atoms with Crippen LogP contribution in [0.2, 0.25) is 0 Å². The van der Waals surface area contributed by atoms with Gasteiger partial charge in [0.15, 0.2) is 0 Å². The molecule has 176 valence electrons. The Morgan fingerprint density at radius 3 is 2.31 bits per heavy atom. The SMILES string of the molecule is O=C(CC1c2ccccc2-c2c(-c3ccccc3)c3c(F)cccc3c(=O)n21)OCc1ccccc1. The van der Waals surface area contributed by atoms with Crippen LogP contribution in [0.1, 0.15) is 23.6 Å². The monoisotopic (exact) mass is 475 g/mol. The number of carbonyl (C=O) groups is 1. The molecule has 4 aromatic carbocycles. The molecule has 0 saturated carbocycles. The molecular weight excluding hydrogens is 453 g/mol. The summed E-state index contributed by atoms with van der Waals surface area (Å²) in [6.07, 6.45) is -0.00813. The summed E-state index contributed by atoms with van der Waals surface area (Å²) in [6.45, 7) is 0.161. The first-order valence-electron chi connectivity index (χ1n) is 11.8. The van der Waals surface area contributed by atoms with E-state index in [9.17, 15) is 9.59 Å². The van der Waals surface area contributed by atoms with Crippen molar-refractivity contribution < 1.29 is 13.9 Å². The zero-order valence-corrected chi connectivity index (χ0v) is 19.4. The Balaban J connectivity index is 1.53. The molecule has 2 heterocycles. The molecule has 0 amide bonds. The highest BCUT2D eigenvalue weighted by Gasteiger charge is 2.35. The van der Waals surface area contributed by atoms with Crippen LogP contribution >= 0.6 is 0 Å². The summed E-state index contributed by atoms with van der Waals surface area (Å²) < 4.78 is 22.5. The van der Waals surface area contributed by atoms with Crippen molar-refractivity contribution in [2.45, 2.75) is 19.1 Å². The van der Waals surface area contributed by atoms with Gasteiger partial charge in [-0.05, 0) is 28.8 Å². The lowest BCUT2D eigenvalue weighted by Crippen LogP contribution is -2.26. The Morgan fingerprint density at radius 1 is 0.833 bits per heavy atom. The minimum Gasteiger partial charge on any atom is -0.461 e. The minimum atomic E-state index is -0.554. The van der Waals surface area contributed by atoms with Crippen molar-refractivity contribution in [2.24, 2.45) is 0 Å². The summed E-state index contributed by atoms with van der Waals surface area (Å²) in [5.74, 6) is -0.853. The van der Waals surface area contributed by atoms with Crippen molar-refractivity contribution in [3.05, 3.63) is 130 Å². The predicted octanol–water partition coefficient (Wildman–Crippen LogP) is 6.51. The average molecular weight is 476 g/mol. The molecule has 1 unspecified atom stereocenters. The molecule has 0 bridgehead atoms. The van der Waals surface area contributed by atoms with Crippen LogP contribution in [0.3, 0.4) is 0 Å². The van der Waals surface area contributed by atoms with Crippen LogP contribution in [-0.4, -0.2) is 10.5 Å². The molecule has 0 N–H and O–H groups in total. The average Bonchev–Trinajstić information content (AvgIpc) is 3.23. The van der Waals surface area contributed by atoms with E-state index in [4.69, 9.17) is 4.74 Å².